The van der Waals surface area contributed by atoms with E-state index in [9.17, 15) is 14.9 Å². The van der Waals surface area contributed by atoms with Crippen LogP contribution in [0.1, 0.15) is 16.1 Å². The maximum Gasteiger partial charge on any atom is 0.339 e. The van der Waals surface area contributed by atoms with Crippen molar-refractivity contribution in [3.05, 3.63) is 58.2 Å². The van der Waals surface area contributed by atoms with Gasteiger partial charge in [0.25, 0.3) is 5.69 Å². The predicted molar refractivity (Wildman–Crippen MR) is 66.4 cm³/mol. The Balaban J connectivity index is 2.15. The number of non-ortho nitro benzene ring substituents is 1. The molecule has 0 saturated carbocycles. The van der Waals surface area contributed by atoms with E-state index in [0.29, 0.717) is 0 Å². The van der Waals surface area contributed by atoms with Crippen molar-refractivity contribution >= 4 is 11.7 Å². The van der Waals surface area contributed by atoms with E-state index in [-0.39, 0.29) is 29.3 Å². The van der Waals surface area contributed by atoms with Gasteiger partial charge in [0.05, 0.1) is 16.7 Å². The highest BCUT2D eigenvalue weighted by atomic mass is 16.6. The number of ether oxygens (including phenoxy) is 1. The van der Waals surface area contributed by atoms with Crippen molar-refractivity contribution in [2.24, 2.45) is 0 Å². The van der Waals surface area contributed by atoms with E-state index in [1.807, 2.05) is 0 Å². The van der Waals surface area contributed by atoms with Crippen LogP contribution in [-0.2, 0) is 6.61 Å². The second-order valence-corrected chi connectivity index (χ2v) is 3.73. The van der Waals surface area contributed by atoms with Crippen LogP contribution in [0, 0.1) is 10.1 Å². The summed E-state index contributed by atoms with van der Waals surface area (Å²) in [7, 11) is 0. The zero-order valence-corrected chi connectivity index (χ0v) is 10.1. The molecule has 20 heavy (non-hydrogen) atoms. The topological polar surface area (TPSA) is 115 Å². The first-order valence-corrected chi connectivity index (χ1v) is 5.47. The summed E-state index contributed by atoms with van der Waals surface area (Å²) in [6.45, 7) is -0.120. The third kappa shape index (κ3) is 3.05. The van der Waals surface area contributed by atoms with Crippen molar-refractivity contribution in [1.29, 1.82) is 0 Å². The average Bonchev–Trinajstić information content (AvgIpc) is 2.45. The van der Waals surface area contributed by atoms with Crippen molar-refractivity contribution < 1.29 is 19.6 Å². The molecule has 102 valence electrons. The van der Waals surface area contributed by atoms with Crippen LogP contribution in [0.5, 0.6) is 5.75 Å². The first-order chi connectivity index (χ1) is 9.58. The van der Waals surface area contributed by atoms with Crippen LogP contribution in [0.2, 0.25) is 0 Å². The van der Waals surface area contributed by atoms with Gasteiger partial charge in [-0.05, 0) is 6.07 Å². The molecule has 0 aliphatic heterocycles. The molecule has 0 bridgehead atoms. The minimum atomic E-state index is -1.16. The number of carboxylic acid groups (broad SMARTS) is 1. The van der Waals surface area contributed by atoms with Crippen LogP contribution in [0.25, 0.3) is 0 Å². The molecule has 0 radical (unpaired) electrons. The number of carbonyl (C=O) groups is 1. The number of nitrogens with zero attached hydrogens (tertiary/aromatic N) is 3. The zero-order chi connectivity index (χ0) is 14.5. The molecule has 1 aromatic carbocycles. The first-order valence-electron chi connectivity index (χ1n) is 5.47. The third-order valence-electron chi connectivity index (χ3n) is 2.43. The molecule has 0 amide bonds. The highest BCUT2D eigenvalue weighted by Gasteiger charge is 2.12. The third-order valence-corrected chi connectivity index (χ3v) is 2.43. The Morgan fingerprint density at radius 2 is 2.25 bits per heavy atom. The van der Waals surface area contributed by atoms with Gasteiger partial charge in [-0.15, -0.1) is 0 Å². The molecular formula is C12H9N3O5. The number of hydrogen-bond acceptors (Lipinski definition) is 6. The normalized spacial score (nSPS) is 10.0. The van der Waals surface area contributed by atoms with Crippen molar-refractivity contribution in [1.82, 2.24) is 9.97 Å². The molecular weight excluding hydrogens is 266 g/mol. The van der Waals surface area contributed by atoms with Crippen LogP contribution in [0.4, 0.5) is 5.69 Å². The molecule has 1 aromatic heterocycles. The highest BCUT2D eigenvalue weighted by molar-refractivity contribution is 5.88. The Bertz CT molecular complexity index is 659. The van der Waals surface area contributed by atoms with Gasteiger partial charge in [-0.3, -0.25) is 10.1 Å². The van der Waals surface area contributed by atoms with Crippen LogP contribution < -0.4 is 4.74 Å². The SMILES string of the molecule is O=C(O)c1cncnc1COc1cccc([N+](=O)[O-])c1. The lowest BCUT2D eigenvalue weighted by Gasteiger charge is -2.07. The number of hydrogen-bond donors (Lipinski definition) is 1. The first kappa shape index (κ1) is 13.4. The quantitative estimate of drug-likeness (QED) is 0.651. The van der Waals surface area contributed by atoms with E-state index >= 15 is 0 Å². The molecule has 0 spiro atoms. The molecule has 0 aliphatic carbocycles. The Kier molecular flexibility index (Phi) is 3.85. The molecule has 8 heteroatoms. The Morgan fingerprint density at radius 3 is 2.95 bits per heavy atom. The summed E-state index contributed by atoms with van der Waals surface area (Å²) in [5.74, 6) is -0.905. The molecule has 0 aliphatic rings. The average molecular weight is 275 g/mol. The van der Waals surface area contributed by atoms with Crippen LogP contribution in [0.3, 0.4) is 0 Å². The van der Waals surface area contributed by atoms with Crippen molar-refractivity contribution in [3.8, 4) is 5.75 Å². The van der Waals surface area contributed by atoms with Gasteiger partial charge in [0.2, 0.25) is 0 Å². The molecule has 0 saturated heterocycles. The fourth-order valence-electron chi connectivity index (χ4n) is 1.49. The minimum absolute atomic E-state index is 0.0714. The number of aromatic carboxylic acids is 1. The largest absolute Gasteiger partial charge is 0.487 e. The number of aromatic nitrogens is 2. The zero-order valence-electron chi connectivity index (χ0n) is 10.1. The summed E-state index contributed by atoms with van der Waals surface area (Å²) in [5.41, 5.74) is 0.0144. The summed E-state index contributed by atoms with van der Waals surface area (Å²) in [6.07, 6.45) is 2.38. The van der Waals surface area contributed by atoms with Gasteiger partial charge in [-0.2, -0.15) is 0 Å². The molecule has 0 unspecified atom stereocenters. The lowest BCUT2D eigenvalue weighted by atomic mass is 10.2. The van der Waals surface area contributed by atoms with Gasteiger partial charge in [0, 0.05) is 12.3 Å². The lowest BCUT2D eigenvalue weighted by molar-refractivity contribution is -0.384. The molecule has 2 rings (SSSR count). The number of benzene rings is 1. The molecule has 2 aromatic rings. The molecule has 8 nitrogen and oxygen atoms in total. The van der Waals surface area contributed by atoms with Gasteiger partial charge in [0.1, 0.15) is 24.2 Å². The number of nitro benzene ring substituents is 1. The van der Waals surface area contributed by atoms with E-state index in [0.717, 1.165) is 0 Å². The van der Waals surface area contributed by atoms with Gasteiger partial charge < -0.3 is 9.84 Å². The number of rotatable bonds is 5. The summed E-state index contributed by atoms with van der Waals surface area (Å²) in [6, 6.07) is 5.60. The van der Waals surface area contributed by atoms with Crippen LogP contribution >= 0.6 is 0 Å². The van der Waals surface area contributed by atoms with Crippen LogP contribution in [-0.4, -0.2) is 26.0 Å². The Morgan fingerprint density at radius 1 is 1.45 bits per heavy atom. The van der Waals surface area contributed by atoms with Gasteiger partial charge in [-0.1, -0.05) is 6.07 Å². The molecule has 0 atom stereocenters. The maximum atomic E-state index is 11.0. The fraction of sp³-hybridized carbons (Fsp3) is 0.0833. The highest BCUT2D eigenvalue weighted by Crippen LogP contribution is 2.20. The van der Waals surface area contributed by atoms with Gasteiger partial charge in [-0.25, -0.2) is 14.8 Å². The summed E-state index contributed by atoms with van der Waals surface area (Å²) < 4.78 is 5.32. The Labute approximate surface area is 112 Å². The van der Waals surface area contributed by atoms with E-state index in [1.54, 1.807) is 0 Å². The van der Waals surface area contributed by atoms with Gasteiger partial charge in [0.15, 0.2) is 0 Å². The van der Waals surface area contributed by atoms with E-state index in [4.69, 9.17) is 9.84 Å². The number of nitro groups is 1. The van der Waals surface area contributed by atoms with E-state index in [2.05, 4.69) is 9.97 Å². The van der Waals surface area contributed by atoms with Crippen LogP contribution in [0.15, 0.2) is 36.8 Å². The second-order valence-electron chi connectivity index (χ2n) is 3.73. The predicted octanol–water partition coefficient (Wildman–Crippen LogP) is 1.66. The number of carboxylic acids is 1. The minimum Gasteiger partial charge on any atom is -0.487 e. The second kappa shape index (κ2) is 5.74. The molecule has 1 heterocycles. The van der Waals surface area contributed by atoms with Crippen molar-refractivity contribution in [3.63, 3.8) is 0 Å². The fourth-order valence-corrected chi connectivity index (χ4v) is 1.49. The standard InChI is InChI=1S/C12H9N3O5/c16-12(17)10-5-13-7-14-11(10)6-20-9-3-1-2-8(4-9)15(18)19/h1-5,7H,6H2,(H,16,17). The van der Waals surface area contributed by atoms with Crippen molar-refractivity contribution in [2.75, 3.05) is 0 Å². The summed E-state index contributed by atoms with van der Waals surface area (Å²) >= 11 is 0. The smallest absolute Gasteiger partial charge is 0.339 e. The Hall–Kier alpha value is -3.03. The molecule has 0 fully saturated rings. The summed E-state index contributed by atoms with van der Waals surface area (Å²) in [5, 5.41) is 19.6. The monoisotopic (exact) mass is 275 g/mol. The van der Waals surface area contributed by atoms with Crippen molar-refractivity contribution in [2.45, 2.75) is 6.61 Å². The molecule has 1 N–H and O–H groups in total. The van der Waals surface area contributed by atoms with E-state index in [1.165, 1.54) is 36.8 Å². The summed E-state index contributed by atoms with van der Waals surface area (Å²) in [4.78, 5) is 28.5. The van der Waals surface area contributed by atoms with E-state index < -0.39 is 10.9 Å². The van der Waals surface area contributed by atoms with Gasteiger partial charge >= 0.3 is 5.97 Å². The lowest BCUT2D eigenvalue weighted by Crippen LogP contribution is -2.08. The maximum absolute atomic E-state index is 11.0.